The Morgan fingerprint density at radius 3 is 2.79 bits per heavy atom. The highest BCUT2D eigenvalue weighted by molar-refractivity contribution is 5.96. The average Bonchev–Trinajstić information content (AvgIpc) is 3.22. The molecule has 9 heteroatoms. The zero-order valence-electron chi connectivity index (χ0n) is 13.7. The van der Waals surface area contributed by atoms with Crippen LogP contribution >= 0.6 is 0 Å². The Hall–Kier alpha value is -2.84. The lowest BCUT2D eigenvalue weighted by Crippen LogP contribution is -2.33. The van der Waals surface area contributed by atoms with E-state index in [1.165, 1.54) is 6.20 Å². The van der Waals surface area contributed by atoms with E-state index in [0.717, 1.165) is 12.8 Å². The van der Waals surface area contributed by atoms with Crippen molar-refractivity contribution in [3.05, 3.63) is 34.7 Å². The van der Waals surface area contributed by atoms with Gasteiger partial charge in [0.25, 0.3) is 11.8 Å². The Balaban J connectivity index is 1.99. The van der Waals surface area contributed by atoms with Crippen LogP contribution in [0.1, 0.15) is 56.9 Å². The number of aryl methyl sites for hydroxylation is 2. The molecule has 0 radical (unpaired) electrons. The molecule has 3 heterocycles. The molecule has 3 rings (SSSR count). The molecule has 0 saturated carbocycles. The van der Waals surface area contributed by atoms with Crippen molar-refractivity contribution < 1.29 is 14.2 Å². The summed E-state index contributed by atoms with van der Waals surface area (Å²) in [5.74, 6) is 0.00943. The highest BCUT2D eigenvalue weighted by Crippen LogP contribution is 2.33. The summed E-state index contributed by atoms with van der Waals surface area (Å²) in [7, 11) is 1.55. The summed E-state index contributed by atoms with van der Waals surface area (Å²) in [4.78, 5) is 35.1. The summed E-state index contributed by atoms with van der Waals surface area (Å²) in [6.07, 6.45) is 3.04. The highest BCUT2D eigenvalue weighted by Gasteiger charge is 2.36. The third-order valence-electron chi connectivity index (χ3n) is 4.09. The maximum atomic E-state index is 12.8. The normalized spacial score (nSPS) is 17.1. The van der Waals surface area contributed by atoms with Crippen LogP contribution in [0.25, 0.3) is 0 Å². The van der Waals surface area contributed by atoms with Crippen LogP contribution in [0, 0.1) is 13.8 Å². The first-order chi connectivity index (χ1) is 11.5. The lowest BCUT2D eigenvalue weighted by Gasteiger charge is -2.25. The van der Waals surface area contributed by atoms with Crippen molar-refractivity contribution in [2.75, 3.05) is 13.6 Å². The molecule has 1 N–H and O–H groups in total. The lowest BCUT2D eigenvalue weighted by molar-refractivity contribution is 0.0717. The van der Waals surface area contributed by atoms with Gasteiger partial charge < -0.3 is 10.2 Å². The monoisotopic (exact) mass is 330 g/mol. The summed E-state index contributed by atoms with van der Waals surface area (Å²) in [5, 5.41) is 9.93. The second kappa shape index (κ2) is 6.34. The van der Waals surface area contributed by atoms with Gasteiger partial charge in [0.15, 0.2) is 5.69 Å². The molecule has 2 aromatic rings. The first-order valence-corrected chi connectivity index (χ1v) is 7.68. The van der Waals surface area contributed by atoms with Crippen molar-refractivity contribution >= 4 is 11.8 Å². The predicted octanol–water partition coefficient (Wildman–Crippen LogP) is 0.813. The van der Waals surface area contributed by atoms with Crippen LogP contribution in [0.15, 0.2) is 10.8 Å². The van der Waals surface area contributed by atoms with E-state index in [9.17, 15) is 9.59 Å². The molecule has 2 amide bonds. The number of nitrogens with one attached hydrogen (secondary N) is 1. The Bertz CT molecular complexity index is 787. The van der Waals surface area contributed by atoms with Crippen molar-refractivity contribution in [3.63, 3.8) is 0 Å². The zero-order chi connectivity index (χ0) is 17.3. The van der Waals surface area contributed by atoms with E-state index in [0.29, 0.717) is 29.3 Å². The Morgan fingerprint density at radius 2 is 2.12 bits per heavy atom. The summed E-state index contributed by atoms with van der Waals surface area (Å²) in [5.41, 5.74) is 1.56. The van der Waals surface area contributed by atoms with Gasteiger partial charge in [0.2, 0.25) is 0 Å². The van der Waals surface area contributed by atoms with Crippen LogP contribution in [0.3, 0.4) is 0 Å². The van der Waals surface area contributed by atoms with E-state index in [1.807, 2.05) is 0 Å². The molecule has 126 valence electrons. The molecule has 0 aromatic carbocycles. The highest BCUT2D eigenvalue weighted by atomic mass is 16.6. The first-order valence-electron chi connectivity index (χ1n) is 7.68. The number of hydrogen-bond donors (Lipinski definition) is 1. The topological polar surface area (TPSA) is 114 Å². The fourth-order valence-corrected chi connectivity index (χ4v) is 2.91. The molecule has 1 saturated heterocycles. The molecular weight excluding hydrogens is 312 g/mol. The maximum absolute atomic E-state index is 12.8. The van der Waals surface area contributed by atoms with Crippen LogP contribution in [0.4, 0.5) is 0 Å². The molecule has 1 aliphatic heterocycles. The van der Waals surface area contributed by atoms with Gasteiger partial charge in [-0.25, -0.2) is 14.6 Å². The van der Waals surface area contributed by atoms with Gasteiger partial charge in [-0.15, -0.1) is 0 Å². The Kier molecular flexibility index (Phi) is 4.24. The SMILES string of the molecule is CNC(=O)c1cnc(C)nc1[C@H]1CCCN1C(=O)c1nonc1C. The fourth-order valence-electron chi connectivity index (χ4n) is 2.91. The number of hydrogen-bond acceptors (Lipinski definition) is 7. The molecular formula is C15H18N6O3. The van der Waals surface area contributed by atoms with Crippen LogP contribution in [0.5, 0.6) is 0 Å². The number of nitrogens with zero attached hydrogens (tertiary/aromatic N) is 5. The lowest BCUT2D eigenvalue weighted by atomic mass is 10.0. The quantitative estimate of drug-likeness (QED) is 0.885. The minimum atomic E-state index is -0.303. The van der Waals surface area contributed by atoms with E-state index in [4.69, 9.17) is 0 Å². The number of likely N-dealkylation sites (tertiary alicyclic amines) is 1. The van der Waals surface area contributed by atoms with Gasteiger partial charge in [-0.1, -0.05) is 5.16 Å². The second-order valence-corrected chi connectivity index (χ2v) is 5.65. The standard InChI is InChI=1S/C15H18N6O3/c1-8-12(20-24-19-8)15(23)21-6-4-5-11(21)13-10(14(22)16-3)7-17-9(2)18-13/h7,11H,4-6H2,1-3H3,(H,16,22)/t11-/m1/s1. The molecule has 24 heavy (non-hydrogen) atoms. The molecule has 0 bridgehead atoms. The molecule has 0 spiro atoms. The van der Waals surface area contributed by atoms with Gasteiger partial charge in [-0.2, -0.15) is 0 Å². The summed E-state index contributed by atoms with van der Waals surface area (Å²) >= 11 is 0. The molecule has 2 aromatic heterocycles. The third-order valence-corrected chi connectivity index (χ3v) is 4.09. The van der Waals surface area contributed by atoms with Crippen LogP contribution in [0.2, 0.25) is 0 Å². The zero-order valence-corrected chi connectivity index (χ0v) is 13.7. The van der Waals surface area contributed by atoms with Gasteiger partial charge in [-0.05, 0) is 31.8 Å². The predicted molar refractivity (Wildman–Crippen MR) is 82.2 cm³/mol. The number of aromatic nitrogens is 4. The minimum Gasteiger partial charge on any atom is -0.355 e. The van der Waals surface area contributed by atoms with Crippen molar-refractivity contribution in [1.29, 1.82) is 0 Å². The van der Waals surface area contributed by atoms with Crippen LogP contribution in [-0.2, 0) is 0 Å². The molecule has 9 nitrogen and oxygen atoms in total. The van der Waals surface area contributed by atoms with Crippen LogP contribution in [-0.4, -0.2) is 50.6 Å². The Morgan fingerprint density at radius 1 is 1.33 bits per heavy atom. The van der Waals surface area contributed by atoms with Gasteiger partial charge in [0, 0.05) is 19.8 Å². The summed E-state index contributed by atoms with van der Waals surface area (Å²) < 4.78 is 4.63. The fraction of sp³-hybridized carbons (Fsp3) is 0.467. The van der Waals surface area contributed by atoms with Crippen molar-refractivity contribution in [2.24, 2.45) is 0 Å². The number of rotatable bonds is 3. The summed E-state index contributed by atoms with van der Waals surface area (Å²) in [6, 6.07) is -0.303. The van der Waals surface area contributed by atoms with Crippen LogP contribution < -0.4 is 5.32 Å². The van der Waals surface area contributed by atoms with E-state index in [2.05, 4.69) is 30.2 Å². The van der Waals surface area contributed by atoms with Gasteiger partial charge >= 0.3 is 0 Å². The average molecular weight is 330 g/mol. The smallest absolute Gasteiger partial charge is 0.278 e. The number of amides is 2. The number of carbonyl (C=O) groups excluding carboxylic acids is 2. The van der Waals surface area contributed by atoms with E-state index < -0.39 is 0 Å². The first kappa shape index (κ1) is 16.0. The largest absolute Gasteiger partial charge is 0.355 e. The molecule has 0 aliphatic carbocycles. The molecule has 1 fully saturated rings. The van der Waals surface area contributed by atoms with E-state index in [1.54, 1.807) is 25.8 Å². The minimum absolute atomic E-state index is 0.189. The summed E-state index contributed by atoms with van der Waals surface area (Å²) in [6.45, 7) is 3.98. The third kappa shape index (κ3) is 2.72. The Labute approximate surface area is 138 Å². The van der Waals surface area contributed by atoms with Crippen molar-refractivity contribution in [1.82, 2.24) is 30.5 Å². The second-order valence-electron chi connectivity index (χ2n) is 5.65. The van der Waals surface area contributed by atoms with Gasteiger partial charge in [0.05, 0.1) is 17.3 Å². The van der Waals surface area contributed by atoms with E-state index >= 15 is 0 Å². The van der Waals surface area contributed by atoms with Gasteiger partial charge in [-0.3, -0.25) is 9.59 Å². The van der Waals surface area contributed by atoms with Gasteiger partial charge in [0.1, 0.15) is 11.5 Å². The molecule has 0 unspecified atom stereocenters. The molecule has 1 atom stereocenters. The number of carbonyl (C=O) groups is 2. The van der Waals surface area contributed by atoms with Crippen molar-refractivity contribution in [2.45, 2.75) is 32.7 Å². The molecule has 1 aliphatic rings. The van der Waals surface area contributed by atoms with E-state index in [-0.39, 0.29) is 23.6 Å². The van der Waals surface area contributed by atoms with Crippen molar-refractivity contribution in [3.8, 4) is 0 Å². The maximum Gasteiger partial charge on any atom is 0.278 e.